The van der Waals surface area contributed by atoms with Gasteiger partial charge in [-0.15, -0.1) is 0 Å². The van der Waals surface area contributed by atoms with E-state index < -0.39 is 0 Å². The van der Waals surface area contributed by atoms with Gasteiger partial charge < -0.3 is 14.8 Å². The lowest BCUT2D eigenvalue weighted by molar-refractivity contribution is 0.105. The van der Waals surface area contributed by atoms with E-state index in [1.807, 2.05) is 12.1 Å². The van der Waals surface area contributed by atoms with Crippen molar-refractivity contribution in [2.45, 2.75) is 26.0 Å². The average molecular weight is 235 g/mol. The summed E-state index contributed by atoms with van der Waals surface area (Å²) < 4.78 is 10.7. The maximum Gasteiger partial charge on any atom is 0.118 e. The highest BCUT2D eigenvalue weighted by Crippen LogP contribution is 2.19. The number of methoxy groups -OCH3 is 1. The number of hydrogen-bond acceptors (Lipinski definition) is 3. The average Bonchev–Trinajstić information content (AvgIpc) is 2.76. The van der Waals surface area contributed by atoms with Gasteiger partial charge >= 0.3 is 0 Å². The minimum Gasteiger partial charge on any atom is -0.497 e. The molecule has 1 aliphatic heterocycles. The molecule has 1 aromatic carbocycles. The molecule has 1 heterocycles. The third-order valence-electron chi connectivity index (χ3n) is 3.43. The molecule has 2 rings (SSSR count). The van der Waals surface area contributed by atoms with Crippen LogP contribution in [0.2, 0.25) is 0 Å². The van der Waals surface area contributed by atoms with Crippen LogP contribution in [0.4, 0.5) is 0 Å². The standard InChI is InChI=1S/C14H21NO2/c1-11-13(7-8-17-11)10-15-9-12-3-5-14(16-2)6-4-12/h3-6,11,13,15H,7-10H2,1-2H3. The van der Waals surface area contributed by atoms with Gasteiger partial charge in [0.05, 0.1) is 13.2 Å². The molecule has 0 bridgehead atoms. The maximum absolute atomic E-state index is 5.54. The molecule has 1 N–H and O–H groups in total. The number of benzene rings is 1. The highest BCUT2D eigenvalue weighted by atomic mass is 16.5. The van der Waals surface area contributed by atoms with Crippen molar-refractivity contribution in [2.75, 3.05) is 20.3 Å². The predicted octanol–water partition coefficient (Wildman–Crippen LogP) is 2.21. The van der Waals surface area contributed by atoms with Gasteiger partial charge in [-0.3, -0.25) is 0 Å². The van der Waals surface area contributed by atoms with Crippen LogP contribution in [0, 0.1) is 5.92 Å². The molecule has 2 atom stereocenters. The molecule has 3 nitrogen and oxygen atoms in total. The van der Waals surface area contributed by atoms with Crippen molar-refractivity contribution in [1.29, 1.82) is 0 Å². The van der Waals surface area contributed by atoms with Gasteiger partial charge in [0.25, 0.3) is 0 Å². The summed E-state index contributed by atoms with van der Waals surface area (Å²) in [7, 11) is 1.69. The summed E-state index contributed by atoms with van der Waals surface area (Å²) in [6.45, 7) is 5.02. The van der Waals surface area contributed by atoms with E-state index in [1.165, 1.54) is 12.0 Å². The van der Waals surface area contributed by atoms with E-state index in [0.29, 0.717) is 12.0 Å². The van der Waals surface area contributed by atoms with Crippen LogP contribution in [0.1, 0.15) is 18.9 Å². The summed E-state index contributed by atoms with van der Waals surface area (Å²) in [5, 5.41) is 3.49. The third kappa shape index (κ3) is 3.45. The Hall–Kier alpha value is -1.06. The first-order chi connectivity index (χ1) is 8.29. The van der Waals surface area contributed by atoms with E-state index in [4.69, 9.17) is 9.47 Å². The van der Waals surface area contributed by atoms with E-state index >= 15 is 0 Å². The quantitative estimate of drug-likeness (QED) is 0.848. The van der Waals surface area contributed by atoms with Crippen LogP contribution in [0.5, 0.6) is 5.75 Å². The molecule has 1 aliphatic rings. The first kappa shape index (κ1) is 12.4. The summed E-state index contributed by atoms with van der Waals surface area (Å²) >= 11 is 0. The van der Waals surface area contributed by atoms with Crippen molar-refractivity contribution in [3.8, 4) is 5.75 Å². The number of ether oxygens (including phenoxy) is 2. The molecule has 0 aromatic heterocycles. The third-order valence-corrected chi connectivity index (χ3v) is 3.43. The zero-order chi connectivity index (χ0) is 12.1. The van der Waals surface area contributed by atoms with Crippen molar-refractivity contribution in [3.63, 3.8) is 0 Å². The van der Waals surface area contributed by atoms with Crippen molar-refractivity contribution in [2.24, 2.45) is 5.92 Å². The number of nitrogens with one attached hydrogen (secondary N) is 1. The van der Waals surface area contributed by atoms with Gasteiger partial charge in [-0.25, -0.2) is 0 Å². The molecule has 17 heavy (non-hydrogen) atoms. The highest BCUT2D eigenvalue weighted by molar-refractivity contribution is 5.26. The molecule has 0 amide bonds. The molecule has 1 fully saturated rings. The summed E-state index contributed by atoms with van der Waals surface area (Å²) in [6, 6.07) is 8.19. The fourth-order valence-corrected chi connectivity index (χ4v) is 2.19. The minimum absolute atomic E-state index is 0.401. The fraction of sp³-hybridized carbons (Fsp3) is 0.571. The first-order valence-electron chi connectivity index (χ1n) is 6.25. The Bertz CT molecular complexity index is 337. The van der Waals surface area contributed by atoms with E-state index in [-0.39, 0.29) is 0 Å². The summed E-state index contributed by atoms with van der Waals surface area (Å²) in [5.41, 5.74) is 1.29. The van der Waals surface area contributed by atoms with E-state index in [9.17, 15) is 0 Å². The lowest BCUT2D eigenvalue weighted by Gasteiger charge is -2.14. The van der Waals surface area contributed by atoms with Gasteiger partial charge in [0.1, 0.15) is 5.75 Å². The van der Waals surface area contributed by atoms with Crippen molar-refractivity contribution >= 4 is 0 Å². The van der Waals surface area contributed by atoms with Crippen LogP contribution >= 0.6 is 0 Å². The van der Waals surface area contributed by atoms with Gasteiger partial charge in [-0.1, -0.05) is 12.1 Å². The van der Waals surface area contributed by atoms with E-state index in [0.717, 1.165) is 25.4 Å². The molecule has 0 radical (unpaired) electrons. The van der Waals surface area contributed by atoms with E-state index in [1.54, 1.807) is 7.11 Å². The van der Waals surface area contributed by atoms with Gasteiger partial charge in [0.2, 0.25) is 0 Å². The lowest BCUT2D eigenvalue weighted by Crippen LogP contribution is -2.26. The molecule has 0 saturated carbocycles. The predicted molar refractivity (Wildman–Crippen MR) is 68.2 cm³/mol. The van der Waals surface area contributed by atoms with Crippen LogP contribution in [-0.2, 0) is 11.3 Å². The van der Waals surface area contributed by atoms with Crippen LogP contribution in [0.15, 0.2) is 24.3 Å². The second-order valence-electron chi connectivity index (χ2n) is 4.60. The SMILES string of the molecule is COc1ccc(CNCC2CCOC2C)cc1. The number of rotatable bonds is 5. The second kappa shape index (κ2) is 6.03. The molecule has 1 aromatic rings. The monoisotopic (exact) mass is 235 g/mol. The Kier molecular flexibility index (Phi) is 4.40. The largest absolute Gasteiger partial charge is 0.497 e. The molecule has 0 spiro atoms. The topological polar surface area (TPSA) is 30.5 Å². The summed E-state index contributed by atoms with van der Waals surface area (Å²) in [5.74, 6) is 1.57. The molecule has 3 heteroatoms. The van der Waals surface area contributed by atoms with E-state index in [2.05, 4.69) is 24.4 Å². The Balaban J connectivity index is 1.73. The normalized spacial score (nSPS) is 23.9. The van der Waals surface area contributed by atoms with Gasteiger partial charge in [-0.05, 0) is 37.0 Å². The Morgan fingerprint density at radius 1 is 1.35 bits per heavy atom. The van der Waals surface area contributed by atoms with Crippen molar-refractivity contribution in [1.82, 2.24) is 5.32 Å². The summed E-state index contributed by atoms with van der Waals surface area (Å²) in [6.07, 6.45) is 1.58. The fourth-order valence-electron chi connectivity index (χ4n) is 2.19. The Morgan fingerprint density at radius 2 is 2.12 bits per heavy atom. The van der Waals surface area contributed by atoms with Gasteiger partial charge in [-0.2, -0.15) is 0 Å². The van der Waals surface area contributed by atoms with Crippen molar-refractivity contribution < 1.29 is 9.47 Å². The van der Waals surface area contributed by atoms with Crippen LogP contribution in [0.25, 0.3) is 0 Å². The molecular weight excluding hydrogens is 214 g/mol. The molecular formula is C14H21NO2. The Labute approximate surface area is 103 Å². The highest BCUT2D eigenvalue weighted by Gasteiger charge is 2.23. The Morgan fingerprint density at radius 3 is 2.71 bits per heavy atom. The van der Waals surface area contributed by atoms with Gasteiger partial charge in [0, 0.05) is 19.7 Å². The molecule has 94 valence electrons. The number of hydrogen-bond donors (Lipinski definition) is 1. The lowest BCUT2D eigenvalue weighted by atomic mass is 10.0. The zero-order valence-electron chi connectivity index (χ0n) is 10.6. The minimum atomic E-state index is 0.401. The van der Waals surface area contributed by atoms with Gasteiger partial charge in [0.15, 0.2) is 0 Å². The summed E-state index contributed by atoms with van der Waals surface area (Å²) in [4.78, 5) is 0. The van der Waals surface area contributed by atoms with Crippen LogP contribution in [-0.4, -0.2) is 26.4 Å². The van der Waals surface area contributed by atoms with Crippen LogP contribution < -0.4 is 10.1 Å². The smallest absolute Gasteiger partial charge is 0.118 e. The van der Waals surface area contributed by atoms with Crippen molar-refractivity contribution in [3.05, 3.63) is 29.8 Å². The molecule has 2 unspecified atom stereocenters. The second-order valence-corrected chi connectivity index (χ2v) is 4.60. The van der Waals surface area contributed by atoms with Crippen LogP contribution in [0.3, 0.4) is 0 Å². The molecule has 0 aliphatic carbocycles. The maximum atomic E-state index is 5.54. The zero-order valence-corrected chi connectivity index (χ0v) is 10.6. The first-order valence-corrected chi connectivity index (χ1v) is 6.25. The molecule has 1 saturated heterocycles.